The number of nitrogens with zero attached hydrogens (tertiary/aromatic N) is 1. The number of piperidine rings is 2. The highest BCUT2D eigenvalue weighted by Gasteiger charge is 2.51. The second-order valence-electron chi connectivity index (χ2n) is 10.4. The Morgan fingerprint density at radius 1 is 1.06 bits per heavy atom. The molecule has 4 N–H and O–H groups in total. The Balaban J connectivity index is 1.26. The molecule has 4 unspecified atom stereocenters. The normalized spacial score (nSPS) is 31.8. The molecule has 1 saturated carbocycles. The molecule has 3 amide bonds. The zero-order chi connectivity index (χ0) is 23.1. The van der Waals surface area contributed by atoms with Crippen LogP contribution in [0, 0.1) is 5.92 Å². The Morgan fingerprint density at radius 3 is 2.76 bits per heavy atom. The summed E-state index contributed by atoms with van der Waals surface area (Å²) in [7, 11) is 0. The number of nitrogens with one attached hydrogen (secondary N) is 4. The van der Waals surface area contributed by atoms with E-state index in [1.165, 1.54) is 37.7 Å². The van der Waals surface area contributed by atoms with Gasteiger partial charge >= 0.3 is 6.03 Å². The van der Waals surface area contributed by atoms with E-state index in [4.69, 9.17) is 0 Å². The lowest BCUT2D eigenvalue weighted by atomic mass is 9.83. The predicted octanol–water partition coefficient (Wildman–Crippen LogP) is 3.39. The Labute approximate surface area is 205 Å². The van der Waals surface area contributed by atoms with Gasteiger partial charge in [-0.3, -0.25) is 9.69 Å². The monoisotopic (exact) mass is 481 g/mol. The number of amides is 3. The standard InChI is InChI=1S/C26H35N5O2S/c32-24(29-18-9-5-12-27-15-18)23-22-21-20(11-13-28-25(21)34-23)31(26(33)30-22)19-10-4-8-17(14-19)16-6-2-1-3-7-16/h4,8,10,14,16,18,20-21,25,27-28H,1-3,5-7,9,11-13,15H2,(H,29,32)(H,30,33). The van der Waals surface area contributed by atoms with E-state index < -0.39 is 0 Å². The van der Waals surface area contributed by atoms with Crippen LogP contribution in [0.2, 0.25) is 0 Å². The highest BCUT2D eigenvalue weighted by molar-refractivity contribution is 8.04. The fourth-order valence-electron chi connectivity index (χ4n) is 6.51. The SMILES string of the molecule is O=C(NC1CCCNC1)C1=C2NC(=O)N(c3cccc(C4CCCCC4)c3)C3CCNC(S1)C23. The minimum absolute atomic E-state index is 0.0447. The minimum Gasteiger partial charge on any atom is -0.348 e. The molecule has 3 saturated heterocycles. The minimum atomic E-state index is -0.107. The molecule has 182 valence electrons. The second kappa shape index (κ2) is 9.55. The van der Waals surface area contributed by atoms with Gasteiger partial charge in [0, 0.05) is 29.9 Å². The molecule has 1 aromatic rings. The van der Waals surface area contributed by atoms with Gasteiger partial charge in [-0.25, -0.2) is 4.79 Å². The molecule has 5 aliphatic rings. The van der Waals surface area contributed by atoms with Crippen molar-refractivity contribution in [1.82, 2.24) is 21.3 Å². The molecule has 0 bridgehead atoms. The van der Waals surface area contributed by atoms with Crippen molar-refractivity contribution in [2.24, 2.45) is 5.92 Å². The molecule has 0 aromatic heterocycles. The third-order valence-corrected chi connectivity index (χ3v) is 9.56. The Bertz CT molecular complexity index is 985. The van der Waals surface area contributed by atoms with Gasteiger partial charge in [-0.1, -0.05) is 43.2 Å². The number of rotatable bonds is 4. The first-order valence-corrected chi connectivity index (χ1v) is 13.9. The number of anilines is 1. The topological polar surface area (TPSA) is 85.5 Å². The van der Waals surface area contributed by atoms with Gasteiger partial charge in [-0.05, 0) is 68.8 Å². The van der Waals surface area contributed by atoms with Gasteiger partial charge < -0.3 is 21.3 Å². The summed E-state index contributed by atoms with van der Waals surface area (Å²) in [4.78, 5) is 29.4. The molecule has 1 aliphatic carbocycles. The molecule has 6 rings (SSSR count). The molecule has 8 heteroatoms. The van der Waals surface area contributed by atoms with Crippen molar-refractivity contribution in [3.05, 3.63) is 40.4 Å². The summed E-state index contributed by atoms with van der Waals surface area (Å²) in [5.74, 6) is 0.654. The fourth-order valence-corrected chi connectivity index (χ4v) is 7.91. The first-order chi connectivity index (χ1) is 16.7. The molecule has 4 fully saturated rings. The van der Waals surface area contributed by atoms with Crippen LogP contribution < -0.4 is 26.2 Å². The van der Waals surface area contributed by atoms with Crippen molar-refractivity contribution in [3.8, 4) is 0 Å². The Morgan fingerprint density at radius 2 is 1.94 bits per heavy atom. The van der Waals surface area contributed by atoms with Crippen LogP contribution in [0.5, 0.6) is 0 Å². The largest absolute Gasteiger partial charge is 0.348 e. The van der Waals surface area contributed by atoms with E-state index in [2.05, 4.69) is 45.5 Å². The van der Waals surface area contributed by atoms with Crippen LogP contribution in [0.4, 0.5) is 10.5 Å². The first-order valence-electron chi connectivity index (χ1n) is 13.0. The van der Waals surface area contributed by atoms with Gasteiger partial charge in [-0.15, -0.1) is 0 Å². The van der Waals surface area contributed by atoms with E-state index in [0.717, 1.165) is 50.3 Å². The van der Waals surface area contributed by atoms with Gasteiger partial charge in [0.1, 0.15) is 0 Å². The van der Waals surface area contributed by atoms with E-state index in [1.54, 1.807) is 11.8 Å². The van der Waals surface area contributed by atoms with Crippen molar-refractivity contribution < 1.29 is 9.59 Å². The average Bonchev–Trinajstić information content (AvgIpc) is 3.25. The maximum atomic E-state index is 13.5. The van der Waals surface area contributed by atoms with Gasteiger partial charge in [0.05, 0.1) is 16.3 Å². The zero-order valence-electron chi connectivity index (χ0n) is 19.6. The molecule has 0 radical (unpaired) electrons. The summed E-state index contributed by atoms with van der Waals surface area (Å²) in [6, 6.07) is 8.76. The van der Waals surface area contributed by atoms with Gasteiger partial charge in [0.15, 0.2) is 0 Å². The van der Waals surface area contributed by atoms with E-state index in [0.29, 0.717) is 10.8 Å². The smallest absolute Gasteiger partial charge is 0.326 e. The summed E-state index contributed by atoms with van der Waals surface area (Å²) < 4.78 is 0. The van der Waals surface area contributed by atoms with Crippen LogP contribution in [-0.4, -0.2) is 49.0 Å². The van der Waals surface area contributed by atoms with E-state index in [1.807, 2.05) is 4.90 Å². The third kappa shape index (κ3) is 4.14. The quantitative estimate of drug-likeness (QED) is 0.530. The molecule has 7 nitrogen and oxygen atoms in total. The van der Waals surface area contributed by atoms with Crippen molar-refractivity contribution >= 4 is 29.4 Å². The summed E-state index contributed by atoms with van der Waals surface area (Å²) in [5, 5.41) is 13.4. The molecule has 1 aromatic carbocycles. The van der Waals surface area contributed by atoms with Gasteiger partial charge in [-0.2, -0.15) is 0 Å². The summed E-state index contributed by atoms with van der Waals surface area (Å²) in [5.41, 5.74) is 3.17. The highest BCUT2D eigenvalue weighted by Crippen LogP contribution is 2.48. The number of hydrogen-bond donors (Lipinski definition) is 4. The van der Waals surface area contributed by atoms with E-state index in [9.17, 15) is 9.59 Å². The lowest BCUT2D eigenvalue weighted by molar-refractivity contribution is -0.117. The van der Waals surface area contributed by atoms with Crippen molar-refractivity contribution in [2.45, 2.75) is 74.7 Å². The predicted molar refractivity (Wildman–Crippen MR) is 136 cm³/mol. The number of hydrogen-bond acceptors (Lipinski definition) is 5. The summed E-state index contributed by atoms with van der Waals surface area (Å²) in [6.07, 6.45) is 9.37. The number of carbonyl (C=O) groups is 2. The first kappa shape index (κ1) is 22.4. The van der Waals surface area contributed by atoms with E-state index >= 15 is 0 Å². The lowest BCUT2D eigenvalue weighted by Crippen LogP contribution is -2.62. The van der Waals surface area contributed by atoms with E-state index in [-0.39, 0.29) is 35.3 Å². The maximum Gasteiger partial charge on any atom is 0.326 e. The molecule has 0 spiro atoms. The summed E-state index contributed by atoms with van der Waals surface area (Å²) >= 11 is 1.59. The molecular weight excluding hydrogens is 446 g/mol. The summed E-state index contributed by atoms with van der Waals surface area (Å²) in [6.45, 7) is 2.67. The molecule has 4 heterocycles. The zero-order valence-corrected chi connectivity index (χ0v) is 20.5. The van der Waals surface area contributed by atoms with Crippen LogP contribution in [-0.2, 0) is 4.79 Å². The maximum absolute atomic E-state index is 13.5. The van der Waals surface area contributed by atoms with Gasteiger partial charge in [0.2, 0.25) is 0 Å². The Hall–Kier alpha value is -2.03. The number of thioether (sulfide) groups is 1. The fraction of sp³-hybridized carbons (Fsp3) is 0.615. The number of urea groups is 1. The van der Waals surface area contributed by atoms with Crippen LogP contribution in [0.25, 0.3) is 0 Å². The van der Waals surface area contributed by atoms with Crippen LogP contribution in [0.15, 0.2) is 34.9 Å². The third-order valence-electron chi connectivity index (χ3n) is 8.20. The van der Waals surface area contributed by atoms with Crippen LogP contribution >= 0.6 is 11.8 Å². The van der Waals surface area contributed by atoms with Crippen LogP contribution in [0.1, 0.15) is 62.8 Å². The average molecular weight is 482 g/mol. The number of benzene rings is 1. The second-order valence-corrected chi connectivity index (χ2v) is 11.5. The highest BCUT2D eigenvalue weighted by atomic mass is 32.2. The van der Waals surface area contributed by atoms with Gasteiger partial charge in [0.25, 0.3) is 5.91 Å². The van der Waals surface area contributed by atoms with Crippen LogP contribution in [0.3, 0.4) is 0 Å². The van der Waals surface area contributed by atoms with Crippen molar-refractivity contribution in [1.29, 1.82) is 0 Å². The van der Waals surface area contributed by atoms with Crippen molar-refractivity contribution in [3.63, 3.8) is 0 Å². The number of carbonyl (C=O) groups excluding carboxylic acids is 2. The Kier molecular flexibility index (Phi) is 6.30. The molecule has 4 atom stereocenters. The van der Waals surface area contributed by atoms with Crippen molar-refractivity contribution in [2.75, 3.05) is 24.5 Å². The molecule has 34 heavy (non-hydrogen) atoms. The molecule has 4 aliphatic heterocycles. The molecular formula is C26H35N5O2S. The lowest BCUT2D eigenvalue weighted by Gasteiger charge is -2.46.